The van der Waals surface area contributed by atoms with Gasteiger partial charge < -0.3 is 15.5 Å². The molecule has 20 heavy (non-hydrogen) atoms. The monoisotopic (exact) mass is 281 g/mol. The first kappa shape index (κ1) is 14.8. The molecule has 6 heteroatoms. The standard InChI is InChI=1S/C14H23N3O3/c1-9(2)12(14(20)17-7-3-4-8-17)16-13(19)10-5-6-11(18)15-10/h9-10,12H,3-8H2,1-2H3,(H,15,18)(H,16,19). The molecule has 2 heterocycles. The second-order valence-corrected chi connectivity index (χ2v) is 5.92. The highest BCUT2D eigenvalue weighted by Crippen LogP contribution is 2.14. The molecule has 0 bridgehead atoms. The minimum absolute atomic E-state index is 0.00447. The van der Waals surface area contributed by atoms with E-state index in [0.717, 1.165) is 25.9 Å². The zero-order valence-corrected chi connectivity index (χ0v) is 12.1. The Labute approximate surface area is 119 Å². The van der Waals surface area contributed by atoms with E-state index in [2.05, 4.69) is 10.6 Å². The summed E-state index contributed by atoms with van der Waals surface area (Å²) in [6.45, 7) is 5.40. The van der Waals surface area contributed by atoms with Crippen LogP contribution in [0.3, 0.4) is 0 Å². The van der Waals surface area contributed by atoms with Gasteiger partial charge >= 0.3 is 0 Å². The Morgan fingerprint density at radius 1 is 1.30 bits per heavy atom. The van der Waals surface area contributed by atoms with Gasteiger partial charge in [0.05, 0.1) is 0 Å². The van der Waals surface area contributed by atoms with Gasteiger partial charge in [-0.2, -0.15) is 0 Å². The average Bonchev–Trinajstić information content (AvgIpc) is 3.05. The van der Waals surface area contributed by atoms with Gasteiger partial charge in [-0.25, -0.2) is 0 Å². The van der Waals surface area contributed by atoms with Crippen molar-refractivity contribution < 1.29 is 14.4 Å². The highest BCUT2D eigenvalue weighted by Gasteiger charge is 2.34. The fraction of sp³-hybridized carbons (Fsp3) is 0.786. The van der Waals surface area contributed by atoms with Crippen LogP contribution in [0.4, 0.5) is 0 Å². The van der Waals surface area contributed by atoms with Crippen molar-refractivity contribution in [1.29, 1.82) is 0 Å². The third-order valence-electron chi connectivity index (χ3n) is 3.96. The maximum atomic E-state index is 12.4. The molecule has 2 unspecified atom stereocenters. The zero-order chi connectivity index (χ0) is 14.7. The van der Waals surface area contributed by atoms with E-state index < -0.39 is 12.1 Å². The molecule has 2 N–H and O–H groups in total. The van der Waals surface area contributed by atoms with Gasteiger partial charge in [0.2, 0.25) is 17.7 Å². The van der Waals surface area contributed by atoms with E-state index in [1.165, 1.54) is 0 Å². The van der Waals surface area contributed by atoms with E-state index in [0.29, 0.717) is 12.8 Å². The average molecular weight is 281 g/mol. The number of carbonyl (C=O) groups is 3. The molecule has 2 atom stereocenters. The van der Waals surface area contributed by atoms with Crippen LogP contribution in [0.5, 0.6) is 0 Å². The lowest BCUT2D eigenvalue weighted by molar-refractivity contribution is -0.137. The van der Waals surface area contributed by atoms with Crippen LogP contribution in [-0.4, -0.2) is 47.8 Å². The number of nitrogens with one attached hydrogen (secondary N) is 2. The topological polar surface area (TPSA) is 78.5 Å². The van der Waals surface area contributed by atoms with Crippen molar-refractivity contribution in [3.63, 3.8) is 0 Å². The van der Waals surface area contributed by atoms with E-state index in [1.807, 2.05) is 18.7 Å². The van der Waals surface area contributed by atoms with Gasteiger partial charge in [-0.1, -0.05) is 13.8 Å². The largest absolute Gasteiger partial charge is 0.344 e. The fourth-order valence-corrected chi connectivity index (χ4v) is 2.71. The van der Waals surface area contributed by atoms with Gasteiger partial charge in [0.1, 0.15) is 12.1 Å². The number of likely N-dealkylation sites (tertiary alicyclic amines) is 1. The highest BCUT2D eigenvalue weighted by molar-refractivity contribution is 5.94. The molecule has 0 aromatic heterocycles. The Bertz CT molecular complexity index is 402. The molecular formula is C14H23N3O3. The van der Waals surface area contributed by atoms with Gasteiger partial charge in [-0.05, 0) is 25.2 Å². The van der Waals surface area contributed by atoms with E-state index in [9.17, 15) is 14.4 Å². The fourth-order valence-electron chi connectivity index (χ4n) is 2.71. The summed E-state index contributed by atoms with van der Waals surface area (Å²) in [4.78, 5) is 37.5. The van der Waals surface area contributed by atoms with Crippen molar-refractivity contribution in [3.8, 4) is 0 Å². The zero-order valence-electron chi connectivity index (χ0n) is 12.1. The molecule has 2 rings (SSSR count). The van der Waals surface area contributed by atoms with Crippen LogP contribution < -0.4 is 10.6 Å². The van der Waals surface area contributed by atoms with Crippen LogP contribution in [0.25, 0.3) is 0 Å². The summed E-state index contributed by atoms with van der Waals surface area (Å²) >= 11 is 0. The van der Waals surface area contributed by atoms with Gasteiger partial charge in [0, 0.05) is 19.5 Å². The molecule has 0 saturated carbocycles. The molecule has 2 fully saturated rings. The Balaban J connectivity index is 1.96. The van der Waals surface area contributed by atoms with Gasteiger partial charge in [-0.15, -0.1) is 0 Å². The minimum Gasteiger partial charge on any atom is -0.344 e. The van der Waals surface area contributed by atoms with E-state index in [-0.39, 0.29) is 23.6 Å². The molecule has 0 radical (unpaired) electrons. The van der Waals surface area contributed by atoms with Crippen LogP contribution in [0.1, 0.15) is 39.5 Å². The molecule has 2 aliphatic heterocycles. The number of carbonyl (C=O) groups excluding carboxylic acids is 3. The van der Waals surface area contributed by atoms with Gasteiger partial charge in [0.15, 0.2) is 0 Å². The van der Waals surface area contributed by atoms with Gasteiger partial charge in [0.25, 0.3) is 0 Å². The minimum atomic E-state index is -0.502. The second kappa shape index (κ2) is 6.24. The van der Waals surface area contributed by atoms with Crippen LogP contribution in [0, 0.1) is 5.92 Å². The smallest absolute Gasteiger partial charge is 0.245 e. The van der Waals surface area contributed by atoms with Crippen LogP contribution in [-0.2, 0) is 14.4 Å². The summed E-state index contributed by atoms with van der Waals surface area (Å²) in [5.41, 5.74) is 0. The molecule has 6 nitrogen and oxygen atoms in total. The van der Waals surface area contributed by atoms with E-state index in [1.54, 1.807) is 0 Å². The number of amides is 3. The van der Waals surface area contributed by atoms with Crippen molar-refractivity contribution >= 4 is 17.7 Å². The van der Waals surface area contributed by atoms with Crippen LogP contribution in [0.2, 0.25) is 0 Å². The molecule has 2 saturated heterocycles. The molecule has 3 amide bonds. The molecule has 0 aliphatic carbocycles. The Kier molecular flexibility index (Phi) is 4.62. The van der Waals surface area contributed by atoms with Crippen molar-refractivity contribution in [2.24, 2.45) is 5.92 Å². The Hall–Kier alpha value is -1.59. The third kappa shape index (κ3) is 3.29. The summed E-state index contributed by atoms with van der Waals surface area (Å²) in [7, 11) is 0. The van der Waals surface area contributed by atoms with Crippen molar-refractivity contribution in [3.05, 3.63) is 0 Å². The quantitative estimate of drug-likeness (QED) is 0.763. The summed E-state index contributed by atoms with van der Waals surface area (Å²) in [6.07, 6.45) is 2.95. The summed E-state index contributed by atoms with van der Waals surface area (Å²) in [5.74, 6) is -0.321. The molecular weight excluding hydrogens is 258 g/mol. The SMILES string of the molecule is CC(C)C(NC(=O)C1CCC(=O)N1)C(=O)N1CCCC1. The molecule has 2 aliphatic rings. The molecule has 0 spiro atoms. The van der Waals surface area contributed by atoms with E-state index in [4.69, 9.17) is 0 Å². The molecule has 112 valence electrons. The van der Waals surface area contributed by atoms with Gasteiger partial charge in [-0.3, -0.25) is 14.4 Å². The van der Waals surface area contributed by atoms with Crippen molar-refractivity contribution in [2.75, 3.05) is 13.1 Å². The van der Waals surface area contributed by atoms with Crippen LogP contribution >= 0.6 is 0 Å². The summed E-state index contributed by atoms with van der Waals surface area (Å²) < 4.78 is 0. The van der Waals surface area contributed by atoms with E-state index >= 15 is 0 Å². The lowest BCUT2D eigenvalue weighted by atomic mass is 10.0. The first-order valence-corrected chi connectivity index (χ1v) is 7.37. The van der Waals surface area contributed by atoms with Crippen molar-refractivity contribution in [1.82, 2.24) is 15.5 Å². The van der Waals surface area contributed by atoms with Crippen LogP contribution in [0.15, 0.2) is 0 Å². The first-order chi connectivity index (χ1) is 9.49. The predicted octanol–water partition coefficient (Wildman–Crippen LogP) is 0.0282. The first-order valence-electron chi connectivity index (χ1n) is 7.37. The summed E-state index contributed by atoms with van der Waals surface area (Å²) in [6, 6.07) is -0.992. The Morgan fingerprint density at radius 3 is 2.45 bits per heavy atom. The maximum Gasteiger partial charge on any atom is 0.245 e. The Morgan fingerprint density at radius 2 is 1.95 bits per heavy atom. The predicted molar refractivity (Wildman–Crippen MR) is 73.7 cm³/mol. The third-order valence-corrected chi connectivity index (χ3v) is 3.96. The summed E-state index contributed by atoms with van der Waals surface area (Å²) in [5, 5.41) is 5.44. The number of hydrogen-bond donors (Lipinski definition) is 2. The highest BCUT2D eigenvalue weighted by atomic mass is 16.2. The number of hydrogen-bond acceptors (Lipinski definition) is 3. The van der Waals surface area contributed by atoms with Crippen molar-refractivity contribution in [2.45, 2.75) is 51.6 Å². The number of rotatable bonds is 4. The molecule has 0 aromatic rings. The normalized spacial score (nSPS) is 23.9. The lowest BCUT2D eigenvalue weighted by Gasteiger charge is -2.27. The second-order valence-electron chi connectivity index (χ2n) is 5.92. The lowest BCUT2D eigenvalue weighted by Crippen LogP contribution is -2.54. The maximum absolute atomic E-state index is 12.4. The molecule has 0 aromatic carbocycles. The number of nitrogens with zero attached hydrogens (tertiary/aromatic N) is 1.